The summed E-state index contributed by atoms with van der Waals surface area (Å²) < 4.78 is 5.83. The van der Waals surface area contributed by atoms with Crippen molar-refractivity contribution in [3.05, 3.63) is 11.6 Å². The fraction of sp³-hybridized carbons (Fsp3) is 0.903. The first-order chi connectivity index (χ1) is 15.4. The van der Waals surface area contributed by atoms with E-state index < -0.39 is 0 Å². The lowest BCUT2D eigenvalue weighted by atomic mass is 9.44. The maximum atomic E-state index is 11.8. The number of carbonyl (C=O) groups excluding carboxylic acids is 1. The summed E-state index contributed by atoms with van der Waals surface area (Å²) in [7, 11) is 0. The Kier molecular flexibility index (Phi) is 6.91. The molecular weight excluding hydrogens is 404 g/mol. The molecule has 33 heavy (non-hydrogen) atoms. The van der Waals surface area contributed by atoms with E-state index in [1.807, 2.05) is 0 Å². The van der Waals surface area contributed by atoms with E-state index in [4.69, 9.17) is 4.74 Å². The first-order valence-electron chi connectivity index (χ1n) is 14.3. The summed E-state index contributed by atoms with van der Waals surface area (Å²) in [6, 6.07) is 0. The summed E-state index contributed by atoms with van der Waals surface area (Å²) >= 11 is 0. The molecule has 0 spiro atoms. The molecule has 3 fully saturated rings. The van der Waals surface area contributed by atoms with E-state index in [0.717, 1.165) is 41.9 Å². The van der Waals surface area contributed by atoms with Crippen LogP contribution in [0.25, 0.3) is 0 Å². The minimum atomic E-state index is -0.126. The maximum absolute atomic E-state index is 11.8. The molecule has 2 heteroatoms. The molecule has 0 aliphatic heterocycles. The van der Waals surface area contributed by atoms with Gasteiger partial charge in [-0.1, -0.05) is 79.4 Å². The molecule has 0 aromatic heterocycles. The van der Waals surface area contributed by atoms with Crippen LogP contribution in [0.15, 0.2) is 11.6 Å². The third kappa shape index (κ3) is 4.24. The van der Waals surface area contributed by atoms with Crippen LogP contribution in [0.1, 0.15) is 120 Å². The zero-order valence-electron chi connectivity index (χ0n) is 23.0. The van der Waals surface area contributed by atoms with E-state index in [9.17, 15) is 4.79 Å². The average Bonchev–Trinajstić information content (AvgIpc) is 3.07. The molecule has 0 radical (unpaired) electrons. The summed E-state index contributed by atoms with van der Waals surface area (Å²) in [5.41, 5.74) is 2.39. The molecule has 0 bridgehead atoms. The number of fused-ring (bicyclic) bond motifs is 5. The summed E-state index contributed by atoms with van der Waals surface area (Å²) in [4.78, 5) is 11.8. The normalized spacial score (nSPS) is 42.7. The highest BCUT2D eigenvalue weighted by Crippen LogP contribution is 2.69. The van der Waals surface area contributed by atoms with Crippen LogP contribution >= 0.6 is 0 Å². The molecule has 8 atom stereocenters. The van der Waals surface area contributed by atoms with Crippen LogP contribution in [0.2, 0.25) is 0 Å². The molecule has 188 valence electrons. The summed E-state index contributed by atoms with van der Waals surface area (Å²) in [5, 5.41) is 0. The van der Waals surface area contributed by atoms with Crippen molar-refractivity contribution >= 4 is 5.97 Å². The molecule has 0 aromatic rings. The van der Waals surface area contributed by atoms with Crippen molar-refractivity contribution < 1.29 is 9.53 Å². The fourth-order valence-corrected chi connectivity index (χ4v) is 9.81. The number of hydrogen-bond acceptors (Lipinski definition) is 2. The van der Waals surface area contributed by atoms with Crippen molar-refractivity contribution in [2.75, 3.05) is 0 Å². The second-order valence-electron chi connectivity index (χ2n) is 14.0. The van der Waals surface area contributed by atoms with Crippen LogP contribution in [0.3, 0.4) is 0 Å². The molecule has 2 nitrogen and oxygen atoms in total. The van der Waals surface area contributed by atoms with Gasteiger partial charge in [-0.15, -0.1) is 0 Å². The Labute approximate surface area is 204 Å². The topological polar surface area (TPSA) is 26.3 Å². The van der Waals surface area contributed by atoms with E-state index in [2.05, 4.69) is 54.5 Å². The van der Waals surface area contributed by atoms with Crippen molar-refractivity contribution in [1.29, 1.82) is 0 Å². The Morgan fingerprint density at radius 3 is 2.39 bits per heavy atom. The molecule has 0 saturated heterocycles. The predicted molar refractivity (Wildman–Crippen MR) is 138 cm³/mol. The minimum Gasteiger partial charge on any atom is -0.462 e. The van der Waals surface area contributed by atoms with Gasteiger partial charge < -0.3 is 4.74 Å². The van der Waals surface area contributed by atoms with Gasteiger partial charge in [0, 0.05) is 12.3 Å². The molecule has 4 rings (SSSR count). The summed E-state index contributed by atoms with van der Waals surface area (Å²) in [5.74, 6) is 5.07. The molecule has 0 aromatic carbocycles. The molecule has 3 saturated carbocycles. The number of ether oxygens (including phenoxy) is 1. The summed E-state index contributed by atoms with van der Waals surface area (Å²) in [6.07, 6.45) is 16.1. The van der Waals surface area contributed by atoms with E-state index in [1.54, 1.807) is 12.5 Å². The van der Waals surface area contributed by atoms with Crippen LogP contribution in [0.4, 0.5) is 0 Å². The zero-order valence-corrected chi connectivity index (χ0v) is 23.0. The second-order valence-corrected chi connectivity index (χ2v) is 14.0. The monoisotopic (exact) mass is 456 g/mol. The second kappa shape index (κ2) is 9.02. The Hall–Kier alpha value is -0.790. The van der Waals surface area contributed by atoms with Gasteiger partial charge in [0.15, 0.2) is 0 Å². The Balaban J connectivity index is 1.53. The van der Waals surface area contributed by atoms with E-state index >= 15 is 0 Å². The number of esters is 1. The SMILES string of the molecule is CC(=O)O[C@H]1CC[C@@]2(C)C(=CC[C@@H]3[C@H]4CC[C@@H]([C@@H](C)CCCC(C)C)[C@@]4(C)CC[C@H]32)C1(C)C. The van der Waals surface area contributed by atoms with E-state index in [-0.39, 0.29) is 22.9 Å². The number of rotatable bonds is 6. The lowest BCUT2D eigenvalue weighted by Gasteiger charge is -2.61. The first-order valence-corrected chi connectivity index (χ1v) is 14.3. The van der Waals surface area contributed by atoms with Crippen LogP contribution < -0.4 is 0 Å². The average molecular weight is 457 g/mol. The van der Waals surface area contributed by atoms with Crippen molar-refractivity contribution in [1.82, 2.24) is 0 Å². The lowest BCUT2D eigenvalue weighted by molar-refractivity contribution is -0.157. The predicted octanol–water partition coefficient (Wildman–Crippen LogP) is 8.60. The van der Waals surface area contributed by atoms with Gasteiger partial charge in [-0.3, -0.25) is 4.79 Å². The van der Waals surface area contributed by atoms with Crippen molar-refractivity contribution in [2.24, 2.45) is 51.8 Å². The van der Waals surface area contributed by atoms with Gasteiger partial charge in [-0.25, -0.2) is 0 Å². The maximum Gasteiger partial charge on any atom is 0.302 e. The third-order valence-electron chi connectivity index (χ3n) is 11.4. The number of allylic oxidation sites excluding steroid dienone is 1. The van der Waals surface area contributed by atoms with Crippen molar-refractivity contribution in [3.63, 3.8) is 0 Å². The van der Waals surface area contributed by atoms with Crippen molar-refractivity contribution in [3.8, 4) is 0 Å². The van der Waals surface area contributed by atoms with Gasteiger partial charge in [0.2, 0.25) is 0 Å². The van der Waals surface area contributed by atoms with Crippen LogP contribution in [0.5, 0.6) is 0 Å². The van der Waals surface area contributed by atoms with Gasteiger partial charge in [0.25, 0.3) is 0 Å². The molecule has 0 amide bonds. The van der Waals surface area contributed by atoms with E-state index in [0.29, 0.717) is 5.41 Å². The quantitative estimate of drug-likeness (QED) is 0.295. The standard InChI is InChI=1S/C31H52O2/c1-20(2)10-9-11-21(3)24-13-14-25-23-12-15-27-29(5,6)28(33-22(4)32)17-19-31(27,8)26(23)16-18-30(24,25)7/h15,20-21,23-26,28H,9-14,16-19H2,1-8H3/t21-,23+,24-,25+,26+,28-,30+,31+/m0/s1. The smallest absolute Gasteiger partial charge is 0.302 e. The highest BCUT2D eigenvalue weighted by atomic mass is 16.5. The van der Waals surface area contributed by atoms with E-state index in [1.165, 1.54) is 57.8 Å². The Morgan fingerprint density at radius 2 is 1.73 bits per heavy atom. The summed E-state index contributed by atoms with van der Waals surface area (Å²) in [6.45, 7) is 18.8. The molecule has 4 aliphatic rings. The van der Waals surface area contributed by atoms with Gasteiger partial charge in [-0.2, -0.15) is 0 Å². The Bertz CT molecular complexity index is 763. The minimum absolute atomic E-state index is 0.0299. The van der Waals surface area contributed by atoms with Crippen LogP contribution in [-0.2, 0) is 9.53 Å². The first kappa shape index (κ1) is 25.3. The largest absolute Gasteiger partial charge is 0.462 e. The fourth-order valence-electron chi connectivity index (χ4n) is 9.81. The zero-order chi connectivity index (χ0) is 24.2. The van der Waals surface area contributed by atoms with Crippen LogP contribution in [0, 0.1) is 51.8 Å². The molecular formula is C31H52O2. The molecule has 4 aliphatic carbocycles. The molecule has 0 heterocycles. The lowest BCUT2D eigenvalue weighted by Crippen LogP contribution is -2.55. The molecule has 0 N–H and O–H groups in total. The highest BCUT2D eigenvalue weighted by Gasteiger charge is 2.61. The molecule has 0 unspecified atom stereocenters. The highest BCUT2D eigenvalue weighted by molar-refractivity contribution is 5.66. The van der Waals surface area contributed by atoms with Gasteiger partial charge in [0.1, 0.15) is 6.10 Å². The van der Waals surface area contributed by atoms with Crippen molar-refractivity contribution in [2.45, 2.75) is 126 Å². The van der Waals surface area contributed by atoms with Gasteiger partial charge in [-0.05, 0) is 91.3 Å². The van der Waals surface area contributed by atoms with Gasteiger partial charge >= 0.3 is 5.97 Å². The van der Waals surface area contributed by atoms with Crippen LogP contribution in [-0.4, -0.2) is 12.1 Å². The number of hydrogen-bond donors (Lipinski definition) is 0. The van der Waals surface area contributed by atoms with Gasteiger partial charge in [0.05, 0.1) is 0 Å². The number of carbonyl (C=O) groups is 1. The Morgan fingerprint density at radius 1 is 1.00 bits per heavy atom. The third-order valence-corrected chi connectivity index (χ3v) is 11.4.